The van der Waals surface area contributed by atoms with Crippen molar-refractivity contribution >= 4 is 11.9 Å². The van der Waals surface area contributed by atoms with Crippen molar-refractivity contribution in [3.63, 3.8) is 0 Å². The van der Waals surface area contributed by atoms with Crippen molar-refractivity contribution < 1.29 is 19.1 Å². The Morgan fingerprint density at radius 3 is 2.65 bits per heavy atom. The smallest absolute Gasteiger partial charge is 0.305 e. The number of carbonyl (C=O) groups excluding carboxylic acids is 1. The predicted octanol–water partition coefficient (Wildman–Crippen LogP) is 0.929. The van der Waals surface area contributed by atoms with E-state index < -0.39 is 11.5 Å². The van der Waals surface area contributed by atoms with E-state index >= 15 is 0 Å². The molecule has 1 aromatic rings. The Hall–Kier alpha value is -1.85. The number of hydrogen-bond acceptors (Lipinski definition) is 4. The number of aromatic nitrogens is 1. The largest absolute Gasteiger partial charge is 0.481 e. The number of oxazole rings is 1. The van der Waals surface area contributed by atoms with Crippen LogP contribution in [-0.2, 0) is 16.0 Å². The maximum Gasteiger partial charge on any atom is 0.305 e. The molecular weight excluding hydrogens is 224 g/mol. The van der Waals surface area contributed by atoms with Crippen LogP contribution >= 0.6 is 0 Å². The minimum atomic E-state index is -0.939. The molecule has 0 aliphatic heterocycles. The number of carbonyl (C=O) groups is 2. The summed E-state index contributed by atoms with van der Waals surface area (Å²) < 4.78 is 4.97. The third kappa shape index (κ3) is 3.58. The highest BCUT2D eigenvalue weighted by Gasteiger charge is 2.30. The van der Waals surface area contributed by atoms with Crippen LogP contribution in [0.1, 0.15) is 26.2 Å². The van der Waals surface area contributed by atoms with Crippen molar-refractivity contribution in [2.75, 3.05) is 7.05 Å². The molecule has 0 aliphatic rings. The van der Waals surface area contributed by atoms with Crippen LogP contribution in [0.15, 0.2) is 16.9 Å². The number of aliphatic carboxylic acids is 1. The van der Waals surface area contributed by atoms with Gasteiger partial charge in [0.1, 0.15) is 12.7 Å². The molecule has 17 heavy (non-hydrogen) atoms. The van der Waals surface area contributed by atoms with E-state index in [2.05, 4.69) is 4.98 Å². The van der Waals surface area contributed by atoms with Gasteiger partial charge in [-0.2, -0.15) is 0 Å². The van der Waals surface area contributed by atoms with Gasteiger partial charge in [0.25, 0.3) is 0 Å². The second-order valence-electron chi connectivity index (χ2n) is 4.44. The van der Waals surface area contributed by atoms with Crippen LogP contribution in [0, 0.1) is 0 Å². The van der Waals surface area contributed by atoms with Gasteiger partial charge in [-0.05, 0) is 13.8 Å². The van der Waals surface area contributed by atoms with Crippen LogP contribution in [-0.4, -0.2) is 39.5 Å². The standard InChI is InChI=1S/C11H16N2O4/c1-11(2,7-10(15)16)13(3)9(14)6-8-12-4-5-17-8/h4-5H,6-7H2,1-3H3,(H,15,16). The van der Waals surface area contributed by atoms with Gasteiger partial charge in [0.05, 0.1) is 12.6 Å². The molecule has 94 valence electrons. The van der Waals surface area contributed by atoms with Gasteiger partial charge in [0.2, 0.25) is 11.8 Å². The summed E-state index contributed by atoms with van der Waals surface area (Å²) in [6, 6.07) is 0. The van der Waals surface area contributed by atoms with Gasteiger partial charge in [0, 0.05) is 12.6 Å². The van der Waals surface area contributed by atoms with Gasteiger partial charge >= 0.3 is 5.97 Å². The highest BCUT2D eigenvalue weighted by atomic mass is 16.4. The lowest BCUT2D eigenvalue weighted by Gasteiger charge is -2.34. The maximum absolute atomic E-state index is 11.9. The first-order valence-corrected chi connectivity index (χ1v) is 5.20. The van der Waals surface area contributed by atoms with Crippen LogP contribution in [0.4, 0.5) is 0 Å². The zero-order valence-electron chi connectivity index (χ0n) is 10.1. The first-order chi connectivity index (χ1) is 7.83. The quantitative estimate of drug-likeness (QED) is 0.827. The highest BCUT2D eigenvalue weighted by Crippen LogP contribution is 2.18. The van der Waals surface area contributed by atoms with Gasteiger partial charge in [-0.25, -0.2) is 4.98 Å². The maximum atomic E-state index is 11.9. The number of rotatable bonds is 5. The third-order valence-corrected chi connectivity index (χ3v) is 2.65. The van der Waals surface area contributed by atoms with Crippen molar-refractivity contribution in [3.8, 4) is 0 Å². The molecule has 0 spiro atoms. The Bertz CT molecular complexity index is 398. The molecule has 0 unspecified atom stereocenters. The number of carboxylic acid groups (broad SMARTS) is 1. The highest BCUT2D eigenvalue weighted by molar-refractivity contribution is 5.79. The van der Waals surface area contributed by atoms with Crippen molar-refractivity contribution in [2.24, 2.45) is 0 Å². The van der Waals surface area contributed by atoms with Gasteiger partial charge in [-0.3, -0.25) is 9.59 Å². The van der Waals surface area contributed by atoms with Gasteiger partial charge in [-0.1, -0.05) is 0 Å². The average molecular weight is 240 g/mol. The summed E-state index contributed by atoms with van der Waals surface area (Å²) in [5.74, 6) is -0.836. The lowest BCUT2D eigenvalue weighted by atomic mass is 9.98. The van der Waals surface area contributed by atoms with Crippen molar-refractivity contribution in [1.82, 2.24) is 9.88 Å². The molecule has 1 aromatic heterocycles. The molecule has 0 aromatic carbocycles. The number of carboxylic acids is 1. The Balaban J connectivity index is 2.65. The SMILES string of the molecule is CN(C(=O)Cc1ncco1)C(C)(C)CC(=O)O. The van der Waals surface area contributed by atoms with Crippen molar-refractivity contribution in [3.05, 3.63) is 18.4 Å². The molecule has 0 saturated carbocycles. The monoisotopic (exact) mass is 240 g/mol. The number of likely N-dealkylation sites (N-methyl/N-ethyl adjacent to an activating group) is 1. The average Bonchev–Trinajstić information content (AvgIpc) is 2.67. The van der Waals surface area contributed by atoms with Gasteiger partial charge in [0.15, 0.2) is 0 Å². The summed E-state index contributed by atoms with van der Waals surface area (Å²) in [6.07, 6.45) is 2.78. The van der Waals surface area contributed by atoms with Crippen LogP contribution < -0.4 is 0 Å². The van der Waals surface area contributed by atoms with Crippen molar-refractivity contribution in [2.45, 2.75) is 32.2 Å². The van der Waals surface area contributed by atoms with E-state index in [0.717, 1.165) is 0 Å². The molecule has 0 saturated heterocycles. The summed E-state index contributed by atoms with van der Waals surface area (Å²) in [5.41, 5.74) is -0.741. The fourth-order valence-corrected chi connectivity index (χ4v) is 1.41. The topological polar surface area (TPSA) is 83.6 Å². The van der Waals surface area contributed by atoms with Crippen LogP contribution in [0.2, 0.25) is 0 Å². The molecule has 0 radical (unpaired) electrons. The molecule has 0 fully saturated rings. The second-order valence-corrected chi connectivity index (χ2v) is 4.44. The Morgan fingerprint density at radius 2 is 2.18 bits per heavy atom. The number of hydrogen-bond donors (Lipinski definition) is 1. The zero-order valence-corrected chi connectivity index (χ0v) is 10.1. The van der Waals surface area contributed by atoms with E-state index in [4.69, 9.17) is 9.52 Å². The number of nitrogens with zero attached hydrogens (tertiary/aromatic N) is 2. The van der Waals surface area contributed by atoms with Gasteiger partial charge in [-0.15, -0.1) is 0 Å². The molecular formula is C11H16N2O4. The molecule has 1 N–H and O–H groups in total. The summed E-state index contributed by atoms with van der Waals surface area (Å²) in [7, 11) is 1.58. The van der Waals surface area contributed by atoms with E-state index in [0.29, 0.717) is 5.89 Å². The third-order valence-electron chi connectivity index (χ3n) is 2.65. The minimum Gasteiger partial charge on any atom is -0.481 e. The molecule has 0 aliphatic carbocycles. The minimum absolute atomic E-state index is 0.0343. The summed E-state index contributed by atoms with van der Waals surface area (Å²) in [4.78, 5) is 27.8. The van der Waals surface area contributed by atoms with Crippen LogP contribution in [0.5, 0.6) is 0 Å². The molecule has 1 heterocycles. The molecule has 0 bridgehead atoms. The van der Waals surface area contributed by atoms with E-state index in [1.807, 2.05) is 0 Å². The summed E-state index contributed by atoms with van der Waals surface area (Å²) in [6.45, 7) is 3.41. The fraction of sp³-hybridized carbons (Fsp3) is 0.545. The van der Waals surface area contributed by atoms with E-state index in [9.17, 15) is 9.59 Å². The van der Waals surface area contributed by atoms with E-state index in [-0.39, 0.29) is 18.7 Å². The Kier molecular flexibility index (Phi) is 3.88. The van der Waals surface area contributed by atoms with E-state index in [1.54, 1.807) is 20.9 Å². The molecule has 6 heteroatoms. The first-order valence-electron chi connectivity index (χ1n) is 5.20. The Labute approximate surface area is 99.2 Å². The van der Waals surface area contributed by atoms with Gasteiger partial charge < -0.3 is 14.4 Å². The first kappa shape index (κ1) is 13.2. The zero-order chi connectivity index (χ0) is 13.1. The predicted molar refractivity (Wildman–Crippen MR) is 59.3 cm³/mol. The molecule has 6 nitrogen and oxygen atoms in total. The molecule has 0 atom stereocenters. The normalized spacial score (nSPS) is 11.2. The van der Waals surface area contributed by atoms with Crippen LogP contribution in [0.3, 0.4) is 0 Å². The van der Waals surface area contributed by atoms with Crippen LogP contribution in [0.25, 0.3) is 0 Å². The summed E-state index contributed by atoms with van der Waals surface area (Å²) >= 11 is 0. The fourth-order valence-electron chi connectivity index (χ4n) is 1.41. The lowest BCUT2D eigenvalue weighted by molar-refractivity contribution is -0.142. The molecule has 1 amide bonds. The van der Waals surface area contributed by atoms with Crippen molar-refractivity contribution in [1.29, 1.82) is 0 Å². The second kappa shape index (κ2) is 4.99. The Morgan fingerprint density at radius 1 is 1.53 bits per heavy atom. The van der Waals surface area contributed by atoms with E-state index in [1.165, 1.54) is 17.4 Å². The summed E-state index contributed by atoms with van der Waals surface area (Å²) in [5, 5.41) is 8.77. The molecule has 1 rings (SSSR count). The lowest BCUT2D eigenvalue weighted by Crippen LogP contribution is -2.47. The number of amides is 1.